The molecule has 1 aliphatic rings. The fourth-order valence-corrected chi connectivity index (χ4v) is 0.725. The lowest BCUT2D eigenvalue weighted by molar-refractivity contribution is 0.273. The fourth-order valence-electron chi connectivity index (χ4n) is 0.725. The third-order valence-corrected chi connectivity index (χ3v) is 1.33. The molecule has 0 aromatic carbocycles. The summed E-state index contributed by atoms with van der Waals surface area (Å²) in [5.41, 5.74) is 0. The Balaban J connectivity index is 2.61. The Morgan fingerprint density at radius 3 is 3.00 bits per heavy atom. The summed E-state index contributed by atoms with van der Waals surface area (Å²) in [6.07, 6.45) is 0.836. The summed E-state index contributed by atoms with van der Waals surface area (Å²) < 4.78 is 42.7. The van der Waals surface area contributed by atoms with Crippen LogP contribution in [0.15, 0.2) is 0 Å². The normalized spacial score (nSPS) is 42.4. The van der Waals surface area contributed by atoms with Gasteiger partial charge in [-0.1, -0.05) is 0 Å². The zero-order valence-corrected chi connectivity index (χ0v) is 4.65. The molecule has 0 bridgehead atoms. The highest BCUT2D eigenvalue weighted by molar-refractivity contribution is 4.78. The van der Waals surface area contributed by atoms with Gasteiger partial charge in [0.25, 0.3) is 0 Å². The van der Waals surface area contributed by atoms with E-state index in [9.17, 15) is 0 Å². The van der Waals surface area contributed by atoms with Crippen molar-refractivity contribution in [2.45, 2.75) is 12.5 Å². The van der Waals surface area contributed by atoms with Gasteiger partial charge in [0.15, 0.2) is 0 Å². The SMILES string of the molecule is [2H]C([2H])([2H])N(C[C@@H]1CCN1)C([2H])([2H])[2H]. The largest absolute Gasteiger partial charge is 0.313 e. The Morgan fingerprint density at radius 1 is 1.88 bits per heavy atom. The Morgan fingerprint density at radius 2 is 2.62 bits per heavy atom. The van der Waals surface area contributed by atoms with Crippen molar-refractivity contribution in [3.63, 3.8) is 0 Å². The molecule has 1 N–H and O–H groups in total. The minimum atomic E-state index is -2.55. The van der Waals surface area contributed by atoms with Crippen molar-refractivity contribution in [1.82, 2.24) is 10.2 Å². The van der Waals surface area contributed by atoms with Crippen molar-refractivity contribution < 1.29 is 8.22 Å². The second-order valence-corrected chi connectivity index (χ2v) is 2.05. The maximum Gasteiger partial charge on any atom is 0.0394 e. The average Bonchev–Trinajstić information content (AvgIpc) is 1.76. The molecule has 2 heteroatoms. The van der Waals surface area contributed by atoms with Crippen molar-refractivity contribution in [2.24, 2.45) is 0 Å². The molecule has 0 aromatic rings. The van der Waals surface area contributed by atoms with Crippen molar-refractivity contribution in [3.8, 4) is 0 Å². The van der Waals surface area contributed by atoms with Crippen LogP contribution in [-0.2, 0) is 0 Å². The molecule has 8 heavy (non-hydrogen) atoms. The predicted molar refractivity (Wildman–Crippen MR) is 35.0 cm³/mol. The Hall–Kier alpha value is -0.0800. The lowest BCUT2D eigenvalue weighted by Gasteiger charge is -2.29. The number of nitrogens with zero attached hydrogens (tertiary/aromatic N) is 1. The van der Waals surface area contributed by atoms with E-state index in [-0.39, 0.29) is 12.6 Å². The molecule has 0 spiro atoms. The van der Waals surface area contributed by atoms with Crippen molar-refractivity contribution in [3.05, 3.63) is 0 Å². The number of nitrogens with one attached hydrogen (secondary N) is 1. The monoisotopic (exact) mass is 120 g/mol. The summed E-state index contributed by atoms with van der Waals surface area (Å²) in [7, 11) is 0. The molecular weight excluding hydrogens is 100 g/mol. The minimum Gasteiger partial charge on any atom is -0.313 e. The van der Waals surface area contributed by atoms with E-state index in [0.717, 1.165) is 13.0 Å². The Labute approximate surface area is 59.3 Å². The van der Waals surface area contributed by atoms with Crippen LogP contribution in [0.4, 0.5) is 0 Å². The van der Waals surface area contributed by atoms with Crippen molar-refractivity contribution in [1.29, 1.82) is 0 Å². The molecule has 0 amide bonds. The zero-order valence-electron chi connectivity index (χ0n) is 10.6. The first kappa shape index (κ1) is 1.96. The highest BCUT2D eigenvalue weighted by Crippen LogP contribution is 2.01. The van der Waals surface area contributed by atoms with E-state index < -0.39 is 14.0 Å². The summed E-state index contributed by atoms with van der Waals surface area (Å²) in [6, 6.07) is -0.00384. The van der Waals surface area contributed by atoms with Gasteiger partial charge in [0.05, 0.1) is 0 Å². The Kier molecular flexibility index (Phi) is 0.603. The molecule has 0 unspecified atom stereocenters. The van der Waals surface area contributed by atoms with Crippen LogP contribution in [-0.4, -0.2) is 38.0 Å². The lowest BCUT2D eigenvalue weighted by Crippen LogP contribution is -2.48. The van der Waals surface area contributed by atoms with Crippen LogP contribution in [0.1, 0.15) is 14.6 Å². The van der Waals surface area contributed by atoms with E-state index >= 15 is 0 Å². The standard InChI is InChI=1S/C6H14N2/c1-8(2)5-6-3-4-7-6/h6-7H,3-5H2,1-2H3/t6-/m0/s1/i1D3,2D3. The van der Waals surface area contributed by atoms with Gasteiger partial charge in [0.1, 0.15) is 0 Å². The molecule has 1 atom stereocenters. The van der Waals surface area contributed by atoms with E-state index in [4.69, 9.17) is 8.22 Å². The van der Waals surface area contributed by atoms with E-state index in [1.165, 1.54) is 0 Å². The van der Waals surface area contributed by atoms with Crippen LogP contribution < -0.4 is 5.32 Å². The van der Waals surface area contributed by atoms with Gasteiger partial charge in [0.2, 0.25) is 0 Å². The zero-order chi connectivity index (χ0) is 11.0. The number of rotatable bonds is 2. The topological polar surface area (TPSA) is 15.3 Å². The molecule has 0 aromatic heterocycles. The molecule has 1 heterocycles. The second-order valence-electron chi connectivity index (χ2n) is 2.05. The van der Waals surface area contributed by atoms with Gasteiger partial charge < -0.3 is 10.2 Å². The van der Waals surface area contributed by atoms with Crippen LogP contribution in [0.3, 0.4) is 0 Å². The van der Waals surface area contributed by atoms with E-state index in [0.29, 0.717) is 4.90 Å². The van der Waals surface area contributed by atoms with Gasteiger partial charge in [0, 0.05) is 20.8 Å². The second kappa shape index (κ2) is 2.46. The summed E-state index contributed by atoms with van der Waals surface area (Å²) >= 11 is 0. The molecular formula is C6H14N2. The summed E-state index contributed by atoms with van der Waals surface area (Å²) in [6.45, 7) is -4.22. The first-order valence-electron chi connectivity index (χ1n) is 5.72. The third-order valence-electron chi connectivity index (χ3n) is 1.33. The molecule has 1 rings (SSSR count). The van der Waals surface area contributed by atoms with E-state index in [2.05, 4.69) is 5.32 Å². The number of likely N-dealkylation sites (N-methyl/N-ethyl adjacent to an activating group) is 1. The third kappa shape index (κ3) is 1.46. The van der Waals surface area contributed by atoms with Gasteiger partial charge in [-0.25, -0.2) is 0 Å². The van der Waals surface area contributed by atoms with Crippen molar-refractivity contribution in [2.75, 3.05) is 27.0 Å². The van der Waals surface area contributed by atoms with Crippen LogP contribution >= 0.6 is 0 Å². The average molecular weight is 120 g/mol. The first-order valence-corrected chi connectivity index (χ1v) is 2.72. The van der Waals surface area contributed by atoms with Gasteiger partial charge in [-0.05, 0) is 26.9 Å². The predicted octanol–water partition coefficient (Wildman–Crippen LogP) is -0.0901. The fraction of sp³-hybridized carbons (Fsp3) is 1.00. The molecule has 1 aliphatic heterocycles. The molecule has 1 saturated heterocycles. The maximum absolute atomic E-state index is 7.11. The molecule has 48 valence electrons. The lowest BCUT2D eigenvalue weighted by atomic mass is 10.1. The Bertz CT molecular complexity index is 179. The highest BCUT2D eigenvalue weighted by Gasteiger charge is 2.15. The first-order chi connectivity index (χ1) is 6.21. The van der Waals surface area contributed by atoms with Gasteiger partial charge in [-0.3, -0.25) is 0 Å². The number of hydrogen-bond donors (Lipinski definition) is 1. The molecule has 0 saturated carbocycles. The summed E-state index contributed by atoms with van der Waals surface area (Å²) in [5, 5.41) is 2.98. The summed E-state index contributed by atoms with van der Waals surface area (Å²) in [4.78, 5) is 0.594. The van der Waals surface area contributed by atoms with Crippen LogP contribution in [0.2, 0.25) is 0 Å². The van der Waals surface area contributed by atoms with Crippen LogP contribution in [0, 0.1) is 0 Å². The quantitative estimate of drug-likeness (QED) is 0.548. The summed E-state index contributed by atoms with van der Waals surface area (Å²) in [5.74, 6) is 0. The minimum absolute atomic E-state index is 0.00384. The van der Waals surface area contributed by atoms with Gasteiger partial charge in [-0.15, -0.1) is 0 Å². The molecule has 1 fully saturated rings. The van der Waals surface area contributed by atoms with Crippen LogP contribution in [0.25, 0.3) is 0 Å². The van der Waals surface area contributed by atoms with Crippen LogP contribution in [0.5, 0.6) is 0 Å². The molecule has 0 aliphatic carbocycles. The van der Waals surface area contributed by atoms with Gasteiger partial charge in [-0.2, -0.15) is 0 Å². The van der Waals surface area contributed by atoms with Crippen molar-refractivity contribution >= 4 is 0 Å². The van der Waals surface area contributed by atoms with Gasteiger partial charge >= 0.3 is 0 Å². The molecule has 0 radical (unpaired) electrons. The highest BCUT2D eigenvalue weighted by atomic mass is 15.1. The van der Waals surface area contributed by atoms with E-state index in [1.807, 2.05) is 0 Å². The van der Waals surface area contributed by atoms with E-state index in [1.54, 1.807) is 0 Å². The number of hydrogen-bond acceptors (Lipinski definition) is 2. The molecule has 2 nitrogen and oxygen atoms in total. The maximum atomic E-state index is 7.11. The smallest absolute Gasteiger partial charge is 0.0394 e.